The van der Waals surface area contributed by atoms with Crippen molar-refractivity contribution in [2.24, 2.45) is 0 Å². The van der Waals surface area contributed by atoms with Gasteiger partial charge in [0.15, 0.2) is 0 Å². The van der Waals surface area contributed by atoms with E-state index in [4.69, 9.17) is 15.3 Å². The Labute approximate surface area is 193 Å². The number of hydrogen-bond donors (Lipinski definition) is 3. The predicted molar refractivity (Wildman–Crippen MR) is 106 cm³/mol. The monoisotopic (exact) mass is 511 g/mol. The molecular formula is C21H40LaO5. The third-order valence-electron chi connectivity index (χ3n) is 4.01. The minimum absolute atomic E-state index is 0. The second-order valence-electron chi connectivity index (χ2n) is 6.74. The van der Waals surface area contributed by atoms with Gasteiger partial charge in [0, 0.05) is 42.0 Å². The maximum Gasteiger partial charge on any atom is 0.332 e. The van der Waals surface area contributed by atoms with E-state index in [2.05, 4.69) is 19.1 Å². The maximum absolute atomic E-state index is 10.3. The molecule has 0 aromatic carbocycles. The van der Waals surface area contributed by atoms with Crippen LogP contribution in [0.1, 0.15) is 104 Å². The summed E-state index contributed by atoms with van der Waals surface area (Å²) in [6.45, 7) is 3.46. The molecule has 0 spiro atoms. The molecule has 3 N–H and O–H groups in total. The van der Waals surface area contributed by atoms with Crippen LogP contribution in [0, 0.1) is 35.6 Å². The number of rotatable bonds is 16. The van der Waals surface area contributed by atoms with E-state index in [0.29, 0.717) is 6.42 Å². The van der Waals surface area contributed by atoms with Crippen LogP contribution in [0.15, 0.2) is 12.2 Å². The number of allylic oxidation sites excluding steroid dienone is 2. The summed E-state index contributed by atoms with van der Waals surface area (Å²) in [7, 11) is 0. The molecule has 157 valence electrons. The first-order valence-electron chi connectivity index (χ1n) is 10.2. The Balaban J connectivity index is -0.000000709. The van der Waals surface area contributed by atoms with E-state index in [1.807, 2.05) is 0 Å². The largest absolute Gasteiger partial charge is 0.481 e. The molecule has 0 saturated heterocycles. The van der Waals surface area contributed by atoms with Gasteiger partial charge in [-0.1, -0.05) is 70.4 Å². The van der Waals surface area contributed by atoms with Crippen LogP contribution in [0.25, 0.3) is 0 Å². The van der Waals surface area contributed by atoms with Crippen LogP contribution in [0.2, 0.25) is 0 Å². The molecule has 0 aliphatic rings. The van der Waals surface area contributed by atoms with Crippen LogP contribution in [-0.4, -0.2) is 33.4 Å². The third kappa shape index (κ3) is 33.8. The fourth-order valence-electron chi connectivity index (χ4n) is 2.35. The predicted octanol–water partition coefficient (Wildman–Crippen LogP) is 5.56. The summed E-state index contributed by atoms with van der Waals surface area (Å²) in [4.78, 5) is 19.8. The van der Waals surface area contributed by atoms with Gasteiger partial charge in [-0.2, -0.15) is 0 Å². The van der Waals surface area contributed by atoms with Crippen molar-refractivity contribution in [3.8, 4) is 0 Å². The van der Waals surface area contributed by atoms with Crippen molar-refractivity contribution >= 4 is 11.9 Å². The van der Waals surface area contributed by atoms with Crippen molar-refractivity contribution in [3.63, 3.8) is 0 Å². The Hall–Kier alpha value is -0.165. The molecule has 1 radical (unpaired) electrons. The van der Waals surface area contributed by atoms with Crippen molar-refractivity contribution in [2.75, 3.05) is 0 Å². The second-order valence-corrected chi connectivity index (χ2v) is 6.74. The van der Waals surface area contributed by atoms with Gasteiger partial charge in [-0.15, -0.1) is 0 Å². The molecule has 0 aromatic heterocycles. The van der Waals surface area contributed by atoms with Crippen LogP contribution < -0.4 is 0 Å². The number of hydrogen-bond acceptors (Lipinski definition) is 3. The van der Waals surface area contributed by atoms with Crippen LogP contribution in [0.3, 0.4) is 0 Å². The smallest absolute Gasteiger partial charge is 0.332 e. The summed E-state index contributed by atoms with van der Waals surface area (Å²) in [6, 6.07) is 0. The summed E-state index contributed by atoms with van der Waals surface area (Å²) < 4.78 is 0. The number of aliphatic carboxylic acids is 2. The minimum atomic E-state index is -1.23. The van der Waals surface area contributed by atoms with E-state index in [0.717, 1.165) is 12.8 Å². The van der Waals surface area contributed by atoms with Crippen LogP contribution in [0.4, 0.5) is 0 Å². The van der Waals surface area contributed by atoms with E-state index in [-0.39, 0.29) is 35.6 Å². The van der Waals surface area contributed by atoms with Crippen LogP contribution in [0.5, 0.6) is 0 Å². The first kappa shape index (κ1) is 31.5. The van der Waals surface area contributed by atoms with Gasteiger partial charge in [0.25, 0.3) is 0 Å². The van der Waals surface area contributed by atoms with E-state index in [1.54, 1.807) is 0 Å². The Morgan fingerprint density at radius 1 is 0.778 bits per heavy atom. The quantitative estimate of drug-likeness (QED) is 0.186. The van der Waals surface area contributed by atoms with Crippen molar-refractivity contribution in [3.05, 3.63) is 12.2 Å². The average molecular weight is 511 g/mol. The topological polar surface area (TPSA) is 94.8 Å². The Morgan fingerprint density at radius 3 is 1.52 bits per heavy atom. The number of carboxylic acid groups (broad SMARTS) is 2. The fraction of sp³-hybridized carbons (Fsp3) is 0.810. The van der Waals surface area contributed by atoms with Gasteiger partial charge in [0.1, 0.15) is 6.10 Å². The van der Waals surface area contributed by atoms with Gasteiger partial charge in [-0.25, -0.2) is 4.79 Å². The van der Waals surface area contributed by atoms with Crippen LogP contribution >= 0.6 is 0 Å². The van der Waals surface area contributed by atoms with Gasteiger partial charge in [0.05, 0.1) is 0 Å². The second kappa shape index (κ2) is 25.8. The first-order chi connectivity index (χ1) is 12.4. The number of unbranched alkanes of at least 4 members (excludes halogenated alkanes) is 11. The standard InChI is InChI=1S/C18H34O2.C3H6O3.La/c1-2-3-4-5-6-7-8-9-10-11-12-13-14-15-16-17-18(19)20;1-2(4)3(5)6;/h9-10H,2-8,11-17H2,1H3,(H,19,20);2,4H,1H3,(H,5,6);/b10-9-;;/t;2-;/m.0./s1. The summed E-state index contributed by atoms with van der Waals surface area (Å²) in [5.41, 5.74) is 0. The van der Waals surface area contributed by atoms with E-state index in [9.17, 15) is 9.59 Å². The van der Waals surface area contributed by atoms with E-state index >= 15 is 0 Å². The average Bonchev–Trinajstić information content (AvgIpc) is 2.58. The van der Waals surface area contributed by atoms with Gasteiger partial charge < -0.3 is 15.3 Å². The molecule has 0 heterocycles. The molecule has 1 atom stereocenters. The summed E-state index contributed by atoms with van der Waals surface area (Å²) in [5.74, 6) is -1.85. The molecule has 6 heteroatoms. The molecule has 0 aliphatic carbocycles. The summed E-state index contributed by atoms with van der Waals surface area (Å²) in [6.07, 6.45) is 20.0. The van der Waals surface area contributed by atoms with Gasteiger partial charge >= 0.3 is 11.9 Å². The van der Waals surface area contributed by atoms with Crippen molar-refractivity contribution in [2.45, 2.75) is 110 Å². The molecule has 0 saturated carbocycles. The molecule has 0 unspecified atom stereocenters. The molecular weight excluding hydrogens is 471 g/mol. The summed E-state index contributed by atoms with van der Waals surface area (Å²) in [5, 5.41) is 24.3. The Kier molecular flexibility index (Phi) is 30.2. The molecule has 27 heavy (non-hydrogen) atoms. The zero-order chi connectivity index (χ0) is 20.0. The Morgan fingerprint density at radius 2 is 1.15 bits per heavy atom. The zero-order valence-corrected chi connectivity index (χ0v) is 21.0. The van der Waals surface area contributed by atoms with E-state index < -0.39 is 18.0 Å². The third-order valence-corrected chi connectivity index (χ3v) is 4.01. The van der Waals surface area contributed by atoms with Gasteiger partial charge in [-0.05, 0) is 39.0 Å². The molecule has 0 rings (SSSR count). The first-order valence-corrected chi connectivity index (χ1v) is 10.2. The van der Waals surface area contributed by atoms with Gasteiger partial charge in [-0.3, -0.25) is 4.79 Å². The molecule has 0 fully saturated rings. The molecule has 0 aliphatic heterocycles. The molecule has 0 bridgehead atoms. The zero-order valence-electron chi connectivity index (χ0n) is 17.4. The number of aliphatic hydroxyl groups excluding tert-OH is 1. The maximum atomic E-state index is 10.3. The van der Waals surface area contributed by atoms with Crippen LogP contribution in [-0.2, 0) is 9.59 Å². The fourth-order valence-corrected chi connectivity index (χ4v) is 2.35. The van der Waals surface area contributed by atoms with Gasteiger partial charge in [0.2, 0.25) is 0 Å². The molecule has 0 amide bonds. The number of carboxylic acids is 2. The number of carbonyl (C=O) groups is 2. The SMILES string of the molecule is CCCCCCCC/C=C\CCCCCCCC(=O)O.C[C@H](O)C(=O)O.[La]. The minimum Gasteiger partial charge on any atom is -0.481 e. The number of aliphatic hydroxyl groups is 1. The van der Waals surface area contributed by atoms with Crippen molar-refractivity contribution in [1.29, 1.82) is 0 Å². The summed E-state index contributed by atoms with van der Waals surface area (Å²) >= 11 is 0. The molecule has 0 aromatic rings. The Bertz CT molecular complexity index is 356. The van der Waals surface area contributed by atoms with Crippen molar-refractivity contribution in [1.82, 2.24) is 0 Å². The molecule has 5 nitrogen and oxygen atoms in total. The van der Waals surface area contributed by atoms with Crippen molar-refractivity contribution < 1.29 is 60.5 Å². The normalized spacial score (nSPS) is 11.4. The van der Waals surface area contributed by atoms with E-state index in [1.165, 1.54) is 77.6 Å².